The molecule has 130 valence electrons. The van der Waals surface area contributed by atoms with E-state index in [1.807, 2.05) is 6.92 Å². The second-order valence-electron chi connectivity index (χ2n) is 6.77. The van der Waals surface area contributed by atoms with E-state index < -0.39 is 0 Å². The van der Waals surface area contributed by atoms with Gasteiger partial charge in [0.1, 0.15) is 0 Å². The Morgan fingerprint density at radius 2 is 1.75 bits per heavy atom. The van der Waals surface area contributed by atoms with E-state index in [0.717, 1.165) is 55.9 Å². The molecule has 3 aliphatic heterocycles. The van der Waals surface area contributed by atoms with E-state index in [4.69, 9.17) is 4.74 Å². The van der Waals surface area contributed by atoms with Gasteiger partial charge in [-0.2, -0.15) is 0 Å². The third-order valence-electron chi connectivity index (χ3n) is 4.99. The van der Waals surface area contributed by atoms with Gasteiger partial charge in [0.05, 0.1) is 31.8 Å². The average molecular weight is 332 g/mol. The van der Waals surface area contributed by atoms with Crippen molar-refractivity contribution in [1.82, 2.24) is 4.90 Å². The highest BCUT2D eigenvalue weighted by Gasteiger charge is 2.39. The maximum atomic E-state index is 12.4. The molecule has 0 aromatic heterocycles. The van der Waals surface area contributed by atoms with Crippen molar-refractivity contribution in [3.63, 3.8) is 0 Å². The Kier molecular flexibility index (Phi) is 5.16. The fourth-order valence-corrected chi connectivity index (χ4v) is 3.44. The Labute approximate surface area is 143 Å². The molecule has 1 aromatic carbocycles. The molecule has 0 spiro atoms. The lowest BCUT2D eigenvalue weighted by Crippen LogP contribution is -2.68. The zero-order chi connectivity index (χ0) is 17.0. The van der Waals surface area contributed by atoms with Gasteiger partial charge in [-0.05, 0) is 30.7 Å². The molecule has 6 nitrogen and oxygen atoms in total. The molecule has 24 heavy (non-hydrogen) atoms. The number of quaternary nitrogens is 1. The maximum absolute atomic E-state index is 12.4. The van der Waals surface area contributed by atoms with E-state index in [1.165, 1.54) is 0 Å². The average Bonchev–Trinajstić information content (AvgIpc) is 2.61. The summed E-state index contributed by atoms with van der Waals surface area (Å²) >= 11 is 0. The Morgan fingerprint density at radius 3 is 2.33 bits per heavy atom. The second-order valence-corrected chi connectivity index (χ2v) is 6.77. The summed E-state index contributed by atoms with van der Waals surface area (Å²) in [5, 5.41) is 2.95. The van der Waals surface area contributed by atoms with E-state index in [0.29, 0.717) is 18.7 Å². The Balaban J connectivity index is 1.54. The van der Waals surface area contributed by atoms with Gasteiger partial charge in [0.25, 0.3) is 5.91 Å². The number of ether oxygens (including phenoxy) is 1. The van der Waals surface area contributed by atoms with Crippen molar-refractivity contribution in [1.29, 1.82) is 0 Å². The number of benzene rings is 1. The minimum absolute atomic E-state index is 0.0478. The summed E-state index contributed by atoms with van der Waals surface area (Å²) < 4.78 is 6.00. The molecule has 3 fully saturated rings. The number of carbonyl (C=O) groups is 2. The van der Waals surface area contributed by atoms with E-state index >= 15 is 0 Å². The summed E-state index contributed by atoms with van der Waals surface area (Å²) in [5.41, 5.74) is 1.23. The molecule has 0 atom stereocenters. The van der Waals surface area contributed by atoms with E-state index in [2.05, 4.69) is 10.2 Å². The lowest BCUT2D eigenvalue weighted by Gasteiger charge is -2.50. The summed E-state index contributed by atoms with van der Waals surface area (Å²) in [6.07, 6.45) is 0.803. The number of carbonyl (C=O) groups excluding carboxylic acids is 2. The van der Waals surface area contributed by atoms with Gasteiger partial charge in [0.15, 0.2) is 6.54 Å². The highest BCUT2D eigenvalue weighted by atomic mass is 16.5. The minimum atomic E-state index is -0.320. The topological polar surface area (TPSA) is 58.6 Å². The molecule has 2 bridgehead atoms. The molecule has 1 amide bonds. The van der Waals surface area contributed by atoms with E-state index in [-0.39, 0.29) is 11.9 Å². The van der Waals surface area contributed by atoms with Crippen molar-refractivity contribution in [2.75, 3.05) is 57.7 Å². The normalized spacial score (nSPS) is 25.3. The van der Waals surface area contributed by atoms with Crippen molar-refractivity contribution in [2.45, 2.75) is 13.3 Å². The molecule has 0 unspecified atom stereocenters. The Morgan fingerprint density at radius 1 is 1.12 bits per heavy atom. The molecule has 6 heteroatoms. The summed E-state index contributed by atoms with van der Waals surface area (Å²) in [4.78, 5) is 26.6. The van der Waals surface area contributed by atoms with Gasteiger partial charge in [-0.15, -0.1) is 0 Å². The molecule has 3 saturated heterocycles. The third-order valence-corrected chi connectivity index (χ3v) is 4.99. The van der Waals surface area contributed by atoms with E-state index in [9.17, 15) is 9.59 Å². The number of amides is 1. The molecule has 4 rings (SSSR count). The monoisotopic (exact) mass is 332 g/mol. The Bertz CT molecular complexity index is 578. The molecular formula is C18H26N3O3+. The number of esters is 1. The van der Waals surface area contributed by atoms with Crippen molar-refractivity contribution < 1.29 is 18.8 Å². The molecule has 3 heterocycles. The number of fused-ring (bicyclic) bond motifs is 3. The molecule has 1 N–H and O–H groups in total. The van der Waals surface area contributed by atoms with Crippen LogP contribution in [-0.2, 0) is 9.53 Å². The van der Waals surface area contributed by atoms with Crippen LogP contribution >= 0.6 is 0 Å². The predicted molar refractivity (Wildman–Crippen MR) is 91.8 cm³/mol. The number of nitrogens with zero attached hydrogens (tertiary/aromatic N) is 2. The first kappa shape index (κ1) is 16.9. The SMILES string of the molecule is CCCOC(=O)c1ccc(NC(=O)C[N+]23CCN(CC2)CC3)cc1. The Hall–Kier alpha value is -1.92. The number of piperazine rings is 3. The number of nitrogens with one attached hydrogen (secondary N) is 1. The predicted octanol–water partition coefficient (Wildman–Crippen LogP) is 1.34. The third kappa shape index (κ3) is 3.94. The second kappa shape index (κ2) is 7.32. The molecule has 0 radical (unpaired) electrons. The van der Waals surface area contributed by atoms with Crippen molar-refractivity contribution in [3.8, 4) is 0 Å². The maximum Gasteiger partial charge on any atom is 0.338 e. The van der Waals surface area contributed by atoms with Crippen molar-refractivity contribution in [2.24, 2.45) is 0 Å². The summed E-state index contributed by atoms with van der Waals surface area (Å²) in [6, 6.07) is 6.91. The summed E-state index contributed by atoms with van der Waals surface area (Å²) in [7, 11) is 0. The van der Waals surface area contributed by atoms with Crippen LogP contribution in [0.1, 0.15) is 23.7 Å². The highest BCUT2D eigenvalue weighted by Crippen LogP contribution is 2.19. The largest absolute Gasteiger partial charge is 0.462 e. The van der Waals surface area contributed by atoms with Crippen molar-refractivity contribution >= 4 is 17.6 Å². The van der Waals surface area contributed by atoms with Crippen LogP contribution in [0.3, 0.4) is 0 Å². The van der Waals surface area contributed by atoms with Crippen LogP contribution < -0.4 is 5.32 Å². The van der Waals surface area contributed by atoms with E-state index in [1.54, 1.807) is 24.3 Å². The molecule has 0 saturated carbocycles. The fourth-order valence-electron chi connectivity index (χ4n) is 3.44. The molecule has 3 aliphatic rings. The lowest BCUT2D eigenvalue weighted by atomic mass is 10.1. The number of hydrogen-bond acceptors (Lipinski definition) is 4. The smallest absolute Gasteiger partial charge is 0.338 e. The first-order chi connectivity index (χ1) is 11.6. The van der Waals surface area contributed by atoms with Gasteiger partial charge in [-0.1, -0.05) is 6.92 Å². The molecular weight excluding hydrogens is 306 g/mol. The fraction of sp³-hybridized carbons (Fsp3) is 0.556. The van der Waals surface area contributed by atoms with Crippen LogP contribution in [0.2, 0.25) is 0 Å². The summed E-state index contributed by atoms with van der Waals surface area (Å²) in [6.45, 7) is 9.41. The highest BCUT2D eigenvalue weighted by molar-refractivity contribution is 5.93. The first-order valence-corrected chi connectivity index (χ1v) is 8.75. The first-order valence-electron chi connectivity index (χ1n) is 8.75. The lowest BCUT2D eigenvalue weighted by molar-refractivity contribution is -0.933. The van der Waals surface area contributed by atoms with Gasteiger partial charge in [0.2, 0.25) is 0 Å². The molecule has 0 aliphatic carbocycles. The van der Waals surface area contributed by atoms with Crippen LogP contribution in [0.25, 0.3) is 0 Å². The van der Waals surface area contributed by atoms with Crippen LogP contribution in [0.5, 0.6) is 0 Å². The van der Waals surface area contributed by atoms with Crippen LogP contribution in [0.4, 0.5) is 5.69 Å². The quantitative estimate of drug-likeness (QED) is 0.631. The minimum Gasteiger partial charge on any atom is -0.462 e. The standard InChI is InChI=1S/C18H25N3O3/c1-2-13-24-18(23)15-3-5-16(6-4-15)19-17(22)14-21-10-7-20(8-11-21)9-12-21/h3-6H,2,7-14H2,1H3/p+1. The van der Waals surface area contributed by atoms with Crippen LogP contribution in [0.15, 0.2) is 24.3 Å². The number of anilines is 1. The van der Waals surface area contributed by atoms with Gasteiger partial charge < -0.3 is 14.5 Å². The molecule has 1 aromatic rings. The van der Waals surface area contributed by atoms with Gasteiger partial charge in [-0.3, -0.25) is 9.69 Å². The zero-order valence-corrected chi connectivity index (χ0v) is 14.3. The van der Waals surface area contributed by atoms with Gasteiger partial charge in [0, 0.05) is 25.3 Å². The van der Waals surface area contributed by atoms with Gasteiger partial charge >= 0.3 is 5.97 Å². The summed E-state index contributed by atoms with van der Waals surface area (Å²) in [5.74, 6) is -0.272. The number of rotatable bonds is 6. The van der Waals surface area contributed by atoms with Crippen LogP contribution in [0, 0.1) is 0 Å². The van der Waals surface area contributed by atoms with Crippen molar-refractivity contribution in [3.05, 3.63) is 29.8 Å². The number of hydrogen-bond donors (Lipinski definition) is 1. The van der Waals surface area contributed by atoms with Crippen LogP contribution in [-0.4, -0.2) is 73.7 Å². The van der Waals surface area contributed by atoms with Gasteiger partial charge in [-0.25, -0.2) is 4.79 Å². The zero-order valence-electron chi connectivity index (χ0n) is 14.3.